The van der Waals surface area contributed by atoms with Crippen molar-refractivity contribution in [3.05, 3.63) is 46.4 Å². The number of β-amino-alcohol motifs (C(OH)–C–C–N with tert-alkyl or cyclic N) is 1. The number of aryl methyl sites for hydroxylation is 1. The van der Waals surface area contributed by atoms with Crippen molar-refractivity contribution in [2.45, 2.75) is 38.5 Å². The smallest absolute Gasteiger partial charge is 0.223 e. The Kier molecular flexibility index (Phi) is 6.60. The van der Waals surface area contributed by atoms with Gasteiger partial charge in [-0.1, -0.05) is 18.2 Å². The first-order valence-electron chi connectivity index (χ1n) is 8.89. The number of piperidine rings is 1. The Labute approximate surface area is 157 Å². The van der Waals surface area contributed by atoms with Gasteiger partial charge in [-0.15, -0.1) is 11.3 Å². The van der Waals surface area contributed by atoms with E-state index in [4.69, 9.17) is 4.74 Å². The first-order chi connectivity index (χ1) is 12.6. The van der Waals surface area contributed by atoms with Crippen molar-refractivity contribution in [2.75, 3.05) is 19.7 Å². The maximum atomic E-state index is 12.1. The number of ether oxygens (including phenoxy) is 1. The van der Waals surface area contributed by atoms with Crippen LogP contribution < -0.4 is 10.1 Å². The summed E-state index contributed by atoms with van der Waals surface area (Å²) < 4.78 is 5.54. The van der Waals surface area contributed by atoms with Crippen LogP contribution in [0.1, 0.15) is 23.5 Å². The van der Waals surface area contributed by atoms with E-state index in [-0.39, 0.29) is 18.4 Å². The van der Waals surface area contributed by atoms with E-state index in [9.17, 15) is 9.90 Å². The van der Waals surface area contributed by atoms with E-state index in [2.05, 4.69) is 20.6 Å². The van der Waals surface area contributed by atoms with Crippen molar-refractivity contribution >= 4 is 17.2 Å². The minimum atomic E-state index is -0.567. The number of nitrogens with zero attached hydrogens (tertiary/aromatic N) is 2. The van der Waals surface area contributed by atoms with Crippen molar-refractivity contribution in [3.8, 4) is 5.75 Å². The lowest BCUT2D eigenvalue weighted by Crippen LogP contribution is -2.53. The number of carbonyl (C=O) groups is 1. The fourth-order valence-corrected chi connectivity index (χ4v) is 3.68. The molecule has 0 aliphatic carbocycles. The molecule has 1 saturated heterocycles. The number of nitrogens with one attached hydrogen (secondary N) is 1. The first kappa shape index (κ1) is 18.8. The minimum Gasteiger partial charge on any atom is -0.493 e. The molecule has 1 aliphatic heterocycles. The van der Waals surface area contributed by atoms with Crippen LogP contribution in [0, 0.1) is 6.92 Å². The Morgan fingerprint density at radius 1 is 1.42 bits per heavy atom. The molecule has 1 fully saturated rings. The lowest BCUT2D eigenvalue weighted by molar-refractivity contribution is -0.123. The van der Waals surface area contributed by atoms with Crippen LogP contribution in [0.5, 0.6) is 5.75 Å². The Bertz CT molecular complexity index is 707. The Morgan fingerprint density at radius 2 is 2.23 bits per heavy atom. The van der Waals surface area contributed by atoms with Crippen molar-refractivity contribution in [3.63, 3.8) is 0 Å². The van der Waals surface area contributed by atoms with E-state index < -0.39 is 6.10 Å². The van der Waals surface area contributed by atoms with Crippen molar-refractivity contribution in [2.24, 2.45) is 0 Å². The van der Waals surface area contributed by atoms with Gasteiger partial charge in [-0.25, -0.2) is 4.98 Å². The Balaban J connectivity index is 1.38. The molecular weight excluding hydrogens is 350 g/mol. The molecule has 1 aliphatic rings. The highest BCUT2D eigenvalue weighted by atomic mass is 32.1. The van der Waals surface area contributed by atoms with Gasteiger partial charge in [0.05, 0.1) is 35.9 Å². The van der Waals surface area contributed by atoms with Gasteiger partial charge in [-0.3, -0.25) is 9.69 Å². The summed E-state index contributed by atoms with van der Waals surface area (Å²) in [6.45, 7) is 4.44. The van der Waals surface area contributed by atoms with Gasteiger partial charge >= 0.3 is 0 Å². The zero-order valence-electron chi connectivity index (χ0n) is 14.9. The summed E-state index contributed by atoms with van der Waals surface area (Å²) in [6.07, 6.45) is 0.442. The van der Waals surface area contributed by atoms with Crippen LogP contribution in [0.3, 0.4) is 0 Å². The molecule has 2 N–H and O–H groups in total. The van der Waals surface area contributed by atoms with E-state index >= 15 is 0 Å². The van der Waals surface area contributed by atoms with Crippen molar-refractivity contribution in [1.82, 2.24) is 15.2 Å². The molecule has 0 unspecified atom stereocenters. The number of amides is 1. The number of carbonyl (C=O) groups excluding carboxylic acids is 1. The molecule has 1 aromatic carbocycles. The molecule has 0 spiro atoms. The quantitative estimate of drug-likeness (QED) is 0.774. The molecule has 2 atom stereocenters. The molecule has 1 aromatic heterocycles. The zero-order chi connectivity index (χ0) is 18.4. The van der Waals surface area contributed by atoms with E-state index in [1.807, 2.05) is 37.3 Å². The van der Waals surface area contributed by atoms with Crippen LogP contribution in [0.15, 0.2) is 35.7 Å². The average molecular weight is 375 g/mol. The number of para-hydroxylation sites is 1. The number of hydrogen-bond donors (Lipinski definition) is 2. The molecule has 1 amide bonds. The molecule has 2 aromatic rings. The van der Waals surface area contributed by atoms with Crippen LogP contribution in [0.25, 0.3) is 0 Å². The molecular formula is C19H25N3O3S. The molecule has 2 heterocycles. The number of aliphatic hydroxyl groups is 1. The predicted molar refractivity (Wildman–Crippen MR) is 101 cm³/mol. The largest absolute Gasteiger partial charge is 0.493 e. The van der Waals surface area contributed by atoms with Crippen molar-refractivity contribution < 1.29 is 14.6 Å². The molecule has 0 saturated carbocycles. The zero-order valence-corrected chi connectivity index (χ0v) is 15.7. The Hall–Kier alpha value is -1.96. The van der Waals surface area contributed by atoms with E-state index in [0.717, 1.165) is 36.0 Å². The van der Waals surface area contributed by atoms with Gasteiger partial charge in [0.15, 0.2) is 0 Å². The fraction of sp³-hybridized carbons (Fsp3) is 0.474. The maximum absolute atomic E-state index is 12.1. The van der Waals surface area contributed by atoms with Gasteiger partial charge in [0.1, 0.15) is 5.75 Å². The summed E-state index contributed by atoms with van der Waals surface area (Å²) in [5.41, 5.74) is 1.04. The third-order valence-corrected chi connectivity index (χ3v) is 5.23. The summed E-state index contributed by atoms with van der Waals surface area (Å²) >= 11 is 1.64. The molecule has 26 heavy (non-hydrogen) atoms. The molecule has 0 radical (unpaired) electrons. The molecule has 3 rings (SSSR count). The summed E-state index contributed by atoms with van der Waals surface area (Å²) in [4.78, 5) is 18.7. The fourth-order valence-electron chi connectivity index (χ4n) is 3.08. The number of aliphatic hydroxyl groups excluding tert-OH is 1. The van der Waals surface area contributed by atoms with E-state index in [1.165, 1.54) is 0 Å². The number of aromatic nitrogens is 1. The van der Waals surface area contributed by atoms with Crippen LogP contribution >= 0.6 is 11.3 Å². The van der Waals surface area contributed by atoms with Gasteiger partial charge in [0.2, 0.25) is 5.91 Å². The normalized spacial score (nSPS) is 20.7. The summed E-state index contributed by atoms with van der Waals surface area (Å²) in [5.74, 6) is 0.666. The highest BCUT2D eigenvalue weighted by molar-refractivity contribution is 7.09. The number of hydrogen-bond acceptors (Lipinski definition) is 6. The van der Waals surface area contributed by atoms with Crippen LogP contribution in [0.4, 0.5) is 0 Å². The highest BCUT2D eigenvalue weighted by Crippen LogP contribution is 2.16. The third kappa shape index (κ3) is 5.52. The third-order valence-electron chi connectivity index (χ3n) is 4.41. The lowest BCUT2D eigenvalue weighted by atomic mass is 10.0. The monoisotopic (exact) mass is 375 g/mol. The van der Waals surface area contributed by atoms with Gasteiger partial charge in [-0.2, -0.15) is 0 Å². The first-order valence-corrected chi connectivity index (χ1v) is 9.77. The highest BCUT2D eigenvalue weighted by Gasteiger charge is 2.29. The molecule has 140 valence electrons. The second kappa shape index (κ2) is 9.12. The SMILES string of the molecule is Cc1nc(CN2CC[C@@H](NC(=O)CCOc3ccccc3)[C@H](O)C2)cs1. The molecule has 7 heteroatoms. The second-order valence-electron chi connectivity index (χ2n) is 6.53. The van der Waals surface area contributed by atoms with Gasteiger partial charge < -0.3 is 15.2 Å². The van der Waals surface area contributed by atoms with Crippen LogP contribution in [-0.4, -0.2) is 52.7 Å². The lowest BCUT2D eigenvalue weighted by Gasteiger charge is -2.35. The Morgan fingerprint density at radius 3 is 2.92 bits per heavy atom. The van der Waals surface area contributed by atoms with E-state index in [0.29, 0.717) is 13.2 Å². The topological polar surface area (TPSA) is 74.7 Å². The number of rotatable bonds is 7. The van der Waals surface area contributed by atoms with Gasteiger partial charge in [0, 0.05) is 25.0 Å². The predicted octanol–water partition coefficient (Wildman–Crippen LogP) is 1.97. The molecule has 0 bridgehead atoms. The average Bonchev–Trinajstić information content (AvgIpc) is 3.03. The van der Waals surface area contributed by atoms with E-state index in [1.54, 1.807) is 11.3 Å². The van der Waals surface area contributed by atoms with Gasteiger partial charge in [0.25, 0.3) is 0 Å². The van der Waals surface area contributed by atoms with Crippen molar-refractivity contribution in [1.29, 1.82) is 0 Å². The number of benzene rings is 1. The second-order valence-corrected chi connectivity index (χ2v) is 7.60. The van der Waals surface area contributed by atoms with Gasteiger partial charge in [-0.05, 0) is 25.5 Å². The summed E-state index contributed by atoms with van der Waals surface area (Å²) in [7, 11) is 0. The summed E-state index contributed by atoms with van der Waals surface area (Å²) in [6, 6.07) is 9.23. The number of likely N-dealkylation sites (tertiary alicyclic amines) is 1. The standard InChI is InChI=1S/C19H25N3O3S/c1-14-20-15(13-26-14)11-22-9-7-17(18(23)12-22)21-19(24)8-10-25-16-5-3-2-4-6-16/h2-6,13,17-18,23H,7-12H2,1H3,(H,21,24)/t17-,18-/m1/s1. The maximum Gasteiger partial charge on any atom is 0.223 e. The molecule has 6 nitrogen and oxygen atoms in total. The van der Waals surface area contributed by atoms with Crippen LogP contribution in [0.2, 0.25) is 0 Å². The summed E-state index contributed by atoms with van der Waals surface area (Å²) in [5, 5.41) is 16.4. The van der Waals surface area contributed by atoms with Crippen LogP contribution in [-0.2, 0) is 11.3 Å². The minimum absolute atomic E-state index is 0.0893. The number of thiazole rings is 1.